The maximum absolute atomic E-state index is 14.4. The Hall–Kier alpha value is -4.28. The molecule has 3 aliphatic heterocycles. The highest BCUT2D eigenvalue weighted by atomic mass is 16.1. The third-order valence-electron chi connectivity index (χ3n) is 10.9. The Kier molecular flexibility index (Phi) is 4.41. The van der Waals surface area contributed by atoms with Gasteiger partial charge in [-0.15, -0.1) is 6.58 Å². The van der Waals surface area contributed by atoms with E-state index in [1.54, 1.807) is 0 Å². The fraction of sp³-hybridized carbons (Fsp3) is 0.243. The van der Waals surface area contributed by atoms with Crippen LogP contribution in [0.15, 0.2) is 121 Å². The minimum atomic E-state index is -0.630. The summed E-state index contributed by atoms with van der Waals surface area (Å²) in [5.41, 5.74) is 5.58. The average molecular weight is 534 g/mol. The molecule has 3 fully saturated rings. The first kappa shape index (κ1) is 23.4. The Morgan fingerprint density at radius 2 is 1.61 bits per heavy atom. The van der Waals surface area contributed by atoms with Crippen molar-refractivity contribution in [1.82, 2.24) is 14.5 Å². The van der Waals surface area contributed by atoms with Gasteiger partial charge in [0, 0.05) is 28.4 Å². The molecule has 41 heavy (non-hydrogen) atoms. The van der Waals surface area contributed by atoms with Crippen molar-refractivity contribution < 1.29 is 0 Å². The van der Waals surface area contributed by atoms with Gasteiger partial charge in [-0.25, -0.2) is 4.98 Å². The zero-order chi connectivity index (χ0) is 27.6. The second kappa shape index (κ2) is 7.71. The summed E-state index contributed by atoms with van der Waals surface area (Å²) in [5, 5.41) is 0.662. The minimum absolute atomic E-state index is 0.0135. The number of aromatic nitrogens is 2. The van der Waals surface area contributed by atoms with Gasteiger partial charge in [-0.3, -0.25) is 14.3 Å². The maximum atomic E-state index is 14.4. The fourth-order valence-electron chi connectivity index (χ4n) is 9.92. The Labute approximate surface area is 239 Å². The summed E-state index contributed by atoms with van der Waals surface area (Å²) in [6, 6.07) is 36.9. The van der Waals surface area contributed by atoms with E-state index in [9.17, 15) is 4.79 Å². The molecule has 1 spiro atoms. The molecular formula is C37H31N3O. The smallest absolute Gasteiger partial charge is 0.266 e. The van der Waals surface area contributed by atoms with E-state index in [2.05, 4.69) is 103 Å². The standard InChI is InChI=1S/C37H31N3O/c1-3-31-35(25-13-6-4-7-14-25)32-19-12-22-39(32)37(36(31,35)26-15-8-5-9-16-26)28-23-24(2)20-21-30(28)40-33(41)27-17-10-11-18-29(27)38-34(37)40/h3-11,13-18,20-21,23,31-32H,1,12,19,22H2,2H3/t31-,32-,35+,36+,37-/m1/s1. The van der Waals surface area contributed by atoms with Gasteiger partial charge in [0.15, 0.2) is 0 Å². The number of hydrogen-bond donors (Lipinski definition) is 0. The molecule has 5 atom stereocenters. The molecule has 5 aromatic rings. The van der Waals surface area contributed by atoms with Crippen LogP contribution in [0, 0.1) is 12.8 Å². The minimum Gasteiger partial charge on any atom is -0.282 e. The lowest BCUT2D eigenvalue weighted by molar-refractivity contribution is 0.105. The summed E-state index contributed by atoms with van der Waals surface area (Å²) in [6.45, 7) is 7.63. The molecule has 200 valence electrons. The highest BCUT2D eigenvalue weighted by Crippen LogP contribution is 2.87. The third kappa shape index (κ3) is 2.34. The van der Waals surface area contributed by atoms with E-state index in [0.29, 0.717) is 5.39 Å². The van der Waals surface area contributed by atoms with Crippen LogP contribution in [0.1, 0.15) is 40.9 Å². The fourth-order valence-corrected chi connectivity index (χ4v) is 9.92. The summed E-state index contributed by atoms with van der Waals surface area (Å²) in [5.74, 6) is 1.03. The van der Waals surface area contributed by atoms with Crippen molar-refractivity contribution in [2.24, 2.45) is 5.92 Å². The van der Waals surface area contributed by atoms with E-state index in [1.807, 2.05) is 28.8 Å². The lowest BCUT2D eigenvalue weighted by atomic mass is 9.67. The second-order valence-corrected chi connectivity index (χ2v) is 12.3. The molecule has 4 aliphatic rings. The third-order valence-corrected chi connectivity index (χ3v) is 10.9. The number of allylic oxidation sites excluding steroid dienone is 1. The van der Waals surface area contributed by atoms with E-state index in [-0.39, 0.29) is 22.9 Å². The van der Waals surface area contributed by atoms with Crippen LogP contribution in [-0.2, 0) is 16.4 Å². The van der Waals surface area contributed by atoms with Crippen molar-refractivity contribution in [3.05, 3.63) is 154 Å². The second-order valence-electron chi connectivity index (χ2n) is 12.3. The van der Waals surface area contributed by atoms with E-state index in [0.717, 1.165) is 36.4 Å². The zero-order valence-electron chi connectivity index (χ0n) is 23.1. The van der Waals surface area contributed by atoms with E-state index < -0.39 is 11.0 Å². The lowest BCUT2D eigenvalue weighted by Crippen LogP contribution is -2.53. The summed E-state index contributed by atoms with van der Waals surface area (Å²) in [6.07, 6.45) is 4.44. The molecule has 1 saturated carbocycles. The summed E-state index contributed by atoms with van der Waals surface area (Å²) in [4.78, 5) is 22.7. The van der Waals surface area contributed by atoms with Gasteiger partial charge in [-0.2, -0.15) is 0 Å². The quantitative estimate of drug-likeness (QED) is 0.251. The monoisotopic (exact) mass is 533 g/mol. The average Bonchev–Trinajstić information content (AvgIpc) is 3.26. The summed E-state index contributed by atoms with van der Waals surface area (Å²) < 4.78 is 1.96. The number of hydrogen-bond acceptors (Lipinski definition) is 3. The molecule has 0 unspecified atom stereocenters. The Balaban J connectivity index is 1.53. The van der Waals surface area contributed by atoms with Crippen LogP contribution in [0.25, 0.3) is 16.6 Å². The van der Waals surface area contributed by atoms with Crippen LogP contribution in [0.4, 0.5) is 0 Å². The van der Waals surface area contributed by atoms with Crippen molar-refractivity contribution >= 4 is 10.9 Å². The predicted molar refractivity (Wildman–Crippen MR) is 163 cm³/mol. The van der Waals surface area contributed by atoms with Crippen LogP contribution in [-0.4, -0.2) is 27.0 Å². The molecule has 1 aliphatic carbocycles. The van der Waals surface area contributed by atoms with Crippen molar-refractivity contribution in [1.29, 1.82) is 0 Å². The van der Waals surface area contributed by atoms with Crippen molar-refractivity contribution in [2.75, 3.05) is 6.54 Å². The molecule has 0 bridgehead atoms. The number of rotatable bonds is 3. The first-order valence-corrected chi connectivity index (χ1v) is 14.8. The van der Waals surface area contributed by atoms with Gasteiger partial charge in [0.2, 0.25) is 0 Å². The van der Waals surface area contributed by atoms with Gasteiger partial charge in [-0.1, -0.05) is 96.6 Å². The zero-order valence-corrected chi connectivity index (χ0v) is 23.1. The van der Waals surface area contributed by atoms with Crippen LogP contribution < -0.4 is 5.56 Å². The molecule has 1 aromatic heterocycles. The number of benzene rings is 4. The number of aryl methyl sites for hydroxylation is 1. The molecule has 4 heteroatoms. The first-order chi connectivity index (χ1) is 20.1. The molecule has 0 N–H and O–H groups in total. The van der Waals surface area contributed by atoms with Crippen LogP contribution >= 0.6 is 0 Å². The highest BCUT2D eigenvalue weighted by molar-refractivity contribution is 5.81. The Morgan fingerprint density at radius 1 is 0.902 bits per heavy atom. The molecule has 9 rings (SSSR count). The van der Waals surface area contributed by atoms with Gasteiger partial charge in [0.05, 0.1) is 16.6 Å². The molecule has 0 amide bonds. The maximum Gasteiger partial charge on any atom is 0.266 e. The predicted octanol–water partition coefficient (Wildman–Crippen LogP) is 6.42. The first-order valence-electron chi connectivity index (χ1n) is 14.8. The Bertz CT molecular complexity index is 1960. The number of nitrogens with zero attached hydrogens (tertiary/aromatic N) is 3. The van der Waals surface area contributed by atoms with Crippen LogP contribution in [0.5, 0.6) is 0 Å². The topological polar surface area (TPSA) is 38.1 Å². The highest BCUT2D eigenvalue weighted by Gasteiger charge is 2.94. The number of para-hydroxylation sites is 1. The SMILES string of the molecule is C=C[C@@H]1[C@@]2(c3ccccc3)[C@H]3CCCN3[C@@]3(c4cc(C)ccc4-n4c3nc3ccccc3c4=O)[C@@]12c1ccccc1. The molecule has 4 aromatic carbocycles. The number of piperidine rings is 1. The normalized spacial score (nSPS) is 30.7. The van der Waals surface area contributed by atoms with E-state index in [4.69, 9.17) is 4.98 Å². The number of fused-ring (bicyclic) bond motifs is 11. The largest absolute Gasteiger partial charge is 0.282 e. The van der Waals surface area contributed by atoms with E-state index in [1.165, 1.54) is 22.3 Å². The van der Waals surface area contributed by atoms with Gasteiger partial charge in [-0.05, 0) is 55.6 Å². The van der Waals surface area contributed by atoms with Crippen LogP contribution in [0.3, 0.4) is 0 Å². The van der Waals surface area contributed by atoms with Crippen molar-refractivity contribution in [3.8, 4) is 5.69 Å². The van der Waals surface area contributed by atoms with Crippen molar-refractivity contribution in [3.63, 3.8) is 0 Å². The van der Waals surface area contributed by atoms with Crippen LogP contribution in [0.2, 0.25) is 0 Å². The van der Waals surface area contributed by atoms with Gasteiger partial charge in [0.1, 0.15) is 11.4 Å². The Morgan fingerprint density at radius 3 is 2.37 bits per heavy atom. The van der Waals surface area contributed by atoms with E-state index >= 15 is 0 Å². The molecule has 4 heterocycles. The van der Waals surface area contributed by atoms with Crippen molar-refractivity contribution in [2.45, 2.75) is 42.2 Å². The summed E-state index contributed by atoms with van der Waals surface area (Å²) >= 11 is 0. The molecular weight excluding hydrogens is 502 g/mol. The van der Waals surface area contributed by atoms with Gasteiger partial charge >= 0.3 is 0 Å². The van der Waals surface area contributed by atoms with Gasteiger partial charge in [0.25, 0.3) is 5.56 Å². The molecule has 0 radical (unpaired) electrons. The molecule has 2 saturated heterocycles. The van der Waals surface area contributed by atoms with Gasteiger partial charge < -0.3 is 0 Å². The summed E-state index contributed by atoms with van der Waals surface area (Å²) in [7, 11) is 0. The lowest BCUT2D eigenvalue weighted by Gasteiger charge is -2.44. The molecule has 4 nitrogen and oxygen atoms in total.